The van der Waals surface area contributed by atoms with Gasteiger partial charge in [-0.3, -0.25) is 0 Å². The summed E-state index contributed by atoms with van der Waals surface area (Å²) < 4.78 is 18.8. The molecule has 0 amide bonds. The van der Waals surface area contributed by atoms with Gasteiger partial charge in [0.1, 0.15) is 18.2 Å². The molecule has 0 aliphatic carbocycles. The van der Waals surface area contributed by atoms with Gasteiger partial charge < -0.3 is 20.5 Å². The summed E-state index contributed by atoms with van der Waals surface area (Å²) in [6.45, 7) is 3.25. The van der Waals surface area contributed by atoms with E-state index in [1.807, 2.05) is 12.1 Å². The number of aliphatic hydroxyl groups is 1. The van der Waals surface area contributed by atoms with Crippen molar-refractivity contribution in [1.29, 1.82) is 0 Å². The quantitative estimate of drug-likeness (QED) is 0.575. The number of ether oxygens (including phenoxy) is 1. The third-order valence-corrected chi connectivity index (χ3v) is 3.65. The lowest BCUT2D eigenvalue weighted by Gasteiger charge is -2.13. The van der Waals surface area contributed by atoms with Crippen molar-refractivity contribution in [3.05, 3.63) is 64.4 Å². The molecule has 2 rings (SSSR count). The van der Waals surface area contributed by atoms with Crippen LogP contribution in [0.3, 0.4) is 0 Å². The molecule has 24 heavy (non-hydrogen) atoms. The summed E-state index contributed by atoms with van der Waals surface area (Å²) >= 11 is 6.07. The molecule has 0 spiro atoms. The van der Waals surface area contributed by atoms with Crippen LogP contribution in [0, 0.1) is 5.82 Å². The van der Waals surface area contributed by atoms with Crippen LogP contribution in [0.2, 0.25) is 5.02 Å². The number of halogens is 2. The highest BCUT2D eigenvalue weighted by Crippen LogP contribution is 2.24. The summed E-state index contributed by atoms with van der Waals surface area (Å²) in [6, 6.07) is 11.7. The van der Waals surface area contributed by atoms with Gasteiger partial charge in [0.2, 0.25) is 0 Å². The number of nitrogens with one attached hydrogen (secondary N) is 2. The van der Waals surface area contributed by atoms with Crippen LogP contribution in [0.5, 0.6) is 5.75 Å². The van der Waals surface area contributed by atoms with Crippen LogP contribution in [-0.4, -0.2) is 31.3 Å². The number of aliphatic hydroxyl groups excluding tert-OH is 1. The molecule has 0 saturated heterocycles. The van der Waals surface area contributed by atoms with E-state index in [-0.39, 0.29) is 12.4 Å². The van der Waals surface area contributed by atoms with E-state index in [9.17, 15) is 4.39 Å². The molecule has 0 unspecified atom stereocenters. The second-order valence-electron chi connectivity index (χ2n) is 5.32. The molecule has 4 nitrogen and oxygen atoms in total. The standard InChI is InChI=1S/C18H22ClFN2O2/c19-16-3-6-18(24-13-14-1-4-17(20)5-2-14)15(11-16)12-22-8-7-21-9-10-23/h1-6,11,21-23H,7-10,12-13H2. The van der Waals surface area contributed by atoms with E-state index in [4.69, 9.17) is 21.4 Å². The smallest absolute Gasteiger partial charge is 0.124 e. The van der Waals surface area contributed by atoms with Crippen LogP contribution in [0.4, 0.5) is 4.39 Å². The lowest BCUT2D eigenvalue weighted by atomic mass is 10.2. The fourth-order valence-corrected chi connectivity index (χ4v) is 2.37. The van der Waals surface area contributed by atoms with Gasteiger partial charge in [-0.05, 0) is 35.9 Å². The summed E-state index contributed by atoms with van der Waals surface area (Å²) in [7, 11) is 0. The first-order valence-electron chi connectivity index (χ1n) is 7.87. The molecular weight excluding hydrogens is 331 g/mol. The second-order valence-corrected chi connectivity index (χ2v) is 5.75. The average molecular weight is 353 g/mol. The Hall–Kier alpha value is -1.66. The predicted octanol–water partition coefficient (Wildman–Crippen LogP) is 2.73. The van der Waals surface area contributed by atoms with Crippen molar-refractivity contribution in [3.8, 4) is 5.75 Å². The van der Waals surface area contributed by atoms with Gasteiger partial charge in [-0.15, -0.1) is 0 Å². The lowest BCUT2D eigenvalue weighted by Crippen LogP contribution is -2.28. The maximum Gasteiger partial charge on any atom is 0.124 e. The Morgan fingerprint density at radius 1 is 1.00 bits per heavy atom. The van der Waals surface area contributed by atoms with Crippen LogP contribution in [-0.2, 0) is 13.2 Å². The zero-order valence-corrected chi connectivity index (χ0v) is 14.2. The monoisotopic (exact) mass is 352 g/mol. The molecule has 2 aromatic rings. The maximum absolute atomic E-state index is 12.9. The van der Waals surface area contributed by atoms with Crippen molar-refractivity contribution in [2.45, 2.75) is 13.2 Å². The molecule has 0 heterocycles. The fraction of sp³-hybridized carbons (Fsp3) is 0.333. The first-order valence-corrected chi connectivity index (χ1v) is 8.25. The van der Waals surface area contributed by atoms with Crippen LogP contribution < -0.4 is 15.4 Å². The van der Waals surface area contributed by atoms with Gasteiger partial charge >= 0.3 is 0 Å². The van der Waals surface area contributed by atoms with Gasteiger partial charge in [-0.1, -0.05) is 23.7 Å². The zero-order chi connectivity index (χ0) is 17.2. The second kappa shape index (κ2) is 10.3. The number of hydrogen-bond acceptors (Lipinski definition) is 4. The summed E-state index contributed by atoms with van der Waals surface area (Å²) in [5, 5.41) is 15.8. The normalized spacial score (nSPS) is 10.8. The average Bonchev–Trinajstić information content (AvgIpc) is 2.58. The van der Waals surface area contributed by atoms with Crippen molar-refractivity contribution in [2.24, 2.45) is 0 Å². The Morgan fingerprint density at radius 3 is 2.50 bits per heavy atom. The maximum atomic E-state index is 12.9. The predicted molar refractivity (Wildman–Crippen MR) is 93.8 cm³/mol. The van der Waals surface area contributed by atoms with Crippen molar-refractivity contribution in [3.63, 3.8) is 0 Å². The van der Waals surface area contributed by atoms with E-state index in [2.05, 4.69) is 10.6 Å². The summed E-state index contributed by atoms with van der Waals surface area (Å²) in [5.74, 6) is 0.490. The topological polar surface area (TPSA) is 53.5 Å². The van der Waals surface area contributed by atoms with Crippen LogP contribution in [0.25, 0.3) is 0 Å². The zero-order valence-electron chi connectivity index (χ0n) is 13.4. The lowest BCUT2D eigenvalue weighted by molar-refractivity contribution is 0.292. The molecule has 6 heteroatoms. The summed E-state index contributed by atoms with van der Waals surface area (Å²) in [5.41, 5.74) is 1.87. The highest BCUT2D eigenvalue weighted by molar-refractivity contribution is 6.30. The van der Waals surface area contributed by atoms with E-state index < -0.39 is 0 Å². The Balaban J connectivity index is 1.88. The molecule has 0 saturated carbocycles. The molecule has 0 atom stereocenters. The Morgan fingerprint density at radius 2 is 1.75 bits per heavy atom. The highest BCUT2D eigenvalue weighted by Gasteiger charge is 2.05. The Labute approximate surface area is 146 Å². The molecule has 0 aliphatic rings. The molecule has 0 aliphatic heterocycles. The molecular formula is C18H22ClFN2O2. The Kier molecular flexibility index (Phi) is 7.98. The minimum Gasteiger partial charge on any atom is -0.489 e. The molecule has 0 fully saturated rings. The third kappa shape index (κ3) is 6.45. The van der Waals surface area contributed by atoms with Gasteiger partial charge in [0, 0.05) is 36.8 Å². The Bertz CT molecular complexity index is 623. The first kappa shape index (κ1) is 18.7. The van der Waals surface area contributed by atoms with E-state index in [0.717, 1.165) is 30.0 Å². The van der Waals surface area contributed by atoms with E-state index in [1.54, 1.807) is 18.2 Å². The first-order chi connectivity index (χ1) is 11.7. The van der Waals surface area contributed by atoms with Gasteiger partial charge in [0.05, 0.1) is 6.61 Å². The van der Waals surface area contributed by atoms with Gasteiger partial charge in [-0.2, -0.15) is 0 Å². The summed E-state index contributed by atoms with van der Waals surface area (Å²) in [6.07, 6.45) is 0. The number of hydrogen-bond donors (Lipinski definition) is 3. The van der Waals surface area contributed by atoms with Gasteiger partial charge in [-0.25, -0.2) is 4.39 Å². The molecule has 2 aromatic carbocycles. The van der Waals surface area contributed by atoms with Crippen molar-refractivity contribution < 1.29 is 14.2 Å². The number of benzene rings is 2. The highest BCUT2D eigenvalue weighted by atomic mass is 35.5. The number of rotatable bonds is 10. The van der Waals surface area contributed by atoms with Crippen molar-refractivity contribution >= 4 is 11.6 Å². The van der Waals surface area contributed by atoms with E-state index in [0.29, 0.717) is 24.7 Å². The minimum absolute atomic E-state index is 0.135. The van der Waals surface area contributed by atoms with Crippen LogP contribution >= 0.6 is 11.6 Å². The van der Waals surface area contributed by atoms with E-state index >= 15 is 0 Å². The molecule has 0 aromatic heterocycles. The summed E-state index contributed by atoms with van der Waals surface area (Å²) in [4.78, 5) is 0. The van der Waals surface area contributed by atoms with Crippen LogP contribution in [0.1, 0.15) is 11.1 Å². The molecule has 130 valence electrons. The largest absolute Gasteiger partial charge is 0.489 e. The van der Waals surface area contributed by atoms with Crippen molar-refractivity contribution in [1.82, 2.24) is 10.6 Å². The van der Waals surface area contributed by atoms with Crippen molar-refractivity contribution in [2.75, 3.05) is 26.2 Å². The molecule has 3 N–H and O–H groups in total. The fourth-order valence-electron chi connectivity index (χ4n) is 2.17. The third-order valence-electron chi connectivity index (χ3n) is 3.41. The minimum atomic E-state index is -0.259. The van der Waals surface area contributed by atoms with Gasteiger partial charge in [0.15, 0.2) is 0 Å². The van der Waals surface area contributed by atoms with Gasteiger partial charge in [0.25, 0.3) is 0 Å². The molecule has 0 bridgehead atoms. The van der Waals surface area contributed by atoms with E-state index in [1.165, 1.54) is 12.1 Å². The SMILES string of the molecule is OCCNCCNCc1cc(Cl)ccc1OCc1ccc(F)cc1. The van der Waals surface area contributed by atoms with Crippen LogP contribution in [0.15, 0.2) is 42.5 Å². The molecule has 0 radical (unpaired) electrons.